The summed E-state index contributed by atoms with van der Waals surface area (Å²) in [5, 5.41) is 34.7. The van der Waals surface area contributed by atoms with Crippen molar-refractivity contribution in [3.63, 3.8) is 0 Å². The summed E-state index contributed by atoms with van der Waals surface area (Å²) in [6.45, 7) is 12.4. The number of nitriles is 1. The van der Waals surface area contributed by atoms with E-state index >= 15 is 0 Å². The van der Waals surface area contributed by atoms with Crippen LogP contribution in [0.3, 0.4) is 0 Å². The van der Waals surface area contributed by atoms with Crippen LogP contribution in [0.5, 0.6) is 11.5 Å². The van der Waals surface area contributed by atoms with E-state index in [1.54, 1.807) is 38.1 Å². The average Bonchev–Trinajstić information content (AvgIpc) is 3.28. The second-order valence-electron chi connectivity index (χ2n) is 17.9. The Morgan fingerprint density at radius 1 is 0.970 bits per heavy atom. The Kier molecular flexibility index (Phi) is 15.4. The lowest BCUT2D eigenvalue weighted by Gasteiger charge is -2.32. The molecule has 1 aromatic heterocycles. The molecule has 348 valence electrons. The van der Waals surface area contributed by atoms with Crippen LogP contribution in [0.2, 0.25) is 0 Å². The molecule has 1 unspecified atom stereocenters. The normalized spacial score (nSPS) is 18.4. The standard InChI is InChI=1S/C49H60N10O7/c1-27-41(28(2)55-43(54-27)31-9-12-33(13-10-31)49(4,5)6)46(63)57-37(16-19-50)48(65)59(7)42-32-11-14-39(60)35(26-32)36-24-30(8-15-40(36)66-34-17-21-52-22-18-34)25-38(45(62)53-23-20-51)58-44(61)29(3)56-47(42)64/h8-15,24,26,29,34,37-38,42,52,60H,16-19,21-23,25,50H2,1-7H3,(H,53,62)(H,56,64)(H,57,63)(H,58,61)/t29-,37?,38-,42-/m0/s1. The summed E-state index contributed by atoms with van der Waals surface area (Å²) in [5.41, 5.74) is 10.5. The number of carbonyl (C=O) groups is 5. The smallest absolute Gasteiger partial charge is 0.255 e. The summed E-state index contributed by atoms with van der Waals surface area (Å²) in [7, 11) is 1.41. The number of hydrogen-bond donors (Lipinski definition) is 7. The molecule has 2 aliphatic heterocycles. The molecule has 4 atom stereocenters. The van der Waals surface area contributed by atoms with Crippen LogP contribution in [-0.4, -0.2) is 107 Å². The number of aromatic nitrogens is 2. The van der Waals surface area contributed by atoms with Crippen LogP contribution in [0, 0.1) is 25.2 Å². The fourth-order valence-corrected chi connectivity index (χ4v) is 8.27. The van der Waals surface area contributed by atoms with E-state index in [1.807, 2.05) is 30.3 Å². The maximum atomic E-state index is 14.7. The van der Waals surface area contributed by atoms with Gasteiger partial charge in [-0.3, -0.25) is 24.0 Å². The topological polar surface area (TPSA) is 254 Å². The monoisotopic (exact) mass is 900 g/mol. The van der Waals surface area contributed by atoms with Gasteiger partial charge in [-0.05, 0) is 106 Å². The predicted octanol–water partition coefficient (Wildman–Crippen LogP) is 3.39. The van der Waals surface area contributed by atoms with Crippen LogP contribution in [0.25, 0.3) is 22.5 Å². The zero-order chi connectivity index (χ0) is 47.9. The Morgan fingerprint density at radius 2 is 1.65 bits per heavy atom. The molecule has 0 aliphatic carbocycles. The highest BCUT2D eigenvalue weighted by Gasteiger charge is 2.36. The van der Waals surface area contributed by atoms with Crippen LogP contribution in [0.1, 0.15) is 91.4 Å². The summed E-state index contributed by atoms with van der Waals surface area (Å²) >= 11 is 0. The van der Waals surface area contributed by atoms with E-state index in [9.17, 15) is 34.3 Å². The molecular weight excluding hydrogens is 841 g/mol. The predicted molar refractivity (Wildman–Crippen MR) is 248 cm³/mol. The first-order valence-corrected chi connectivity index (χ1v) is 22.2. The third-order valence-corrected chi connectivity index (χ3v) is 12.0. The lowest BCUT2D eigenvalue weighted by molar-refractivity contribution is -0.141. The molecule has 0 radical (unpaired) electrons. The highest BCUT2D eigenvalue weighted by molar-refractivity contribution is 6.00. The van der Waals surface area contributed by atoms with Gasteiger partial charge >= 0.3 is 0 Å². The molecule has 8 N–H and O–H groups in total. The molecule has 2 aliphatic rings. The van der Waals surface area contributed by atoms with Gasteiger partial charge in [-0.25, -0.2) is 9.97 Å². The zero-order valence-electron chi connectivity index (χ0n) is 38.6. The minimum atomic E-state index is -1.42. The molecule has 4 aromatic rings. The second kappa shape index (κ2) is 20.9. The number of aromatic hydroxyl groups is 1. The third-order valence-electron chi connectivity index (χ3n) is 12.0. The average molecular weight is 901 g/mol. The number of nitrogens with two attached hydrogens (primary N) is 1. The van der Waals surface area contributed by atoms with E-state index in [0.717, 1.165) is 37.1 Å². The molecular formula is C49H60N10O7. The van der Waals surface area contributed by atoms with Crippen LogP contribution in [0.15, 0.2) is 60.7 Å². The van der Waals surface area contributed by atoms with E-state index < -0.39 is 53.7 Å². The van der Waals surface area contributed by atoms with Crippen molar-refractivity contribution in [2.75, 3.05) is 33.2 Å². The summed E-state index contributed by atoms with van der Waals surface area (Å²) in [4.78, 5) is 80.9. The van der Waals surface area contributed by atoms with Crippen LogP contribution < -0.4 is 37.1 Å². The molecule has 0 spiro atoms. The molecule has 0 saturated carbocycles. The fraction of sp³-hybridized carbons (Fsp3) is 0.429. The molecule has 3 aromatic carbocycles. The van der Waals surface area contributed by atoms with Crippen LogP contribution in [0.4, 0.5) is 0 Å². The Hall–Kier alpha value is -6.90. The van der Waals surface area contributed by atoms with Gasteiger partial charge in [0.25, 0.3) is 5.91 Å². The molecule has 17 nitrogen and oxygen atoms in total. The number of ether oxygens (including phenoxy) is 1. The minimum absolute atomic E-state index is 0.000363. The van der Waals surface area contributed by atoms with E-state index in [1.165, 1.54) is 31.0 Å². The molecule has 3 heterocycles. The SMILES string of the molecule is Cc1nc(-c2ccc(C(C)(C)C)cc2)nc(C)c1C(=O)NC(CCN)C(=O)N(C)[C@@H]1C(=O)N[C@@H](C)C(=O)N[C@H](C(=O)NCC#N)Cc2ccc(OC3CCNCC3)c(c2)-c2cc1ccc2O. The Labute approximate surface area is 385 Å². The maximum absolute atomic E-state index is 14.7. The maximum Gasteiger partial charge on any atom is 0.255 e. The largest absolute Gasteiger partial charge is 0.507 e. The van der Waals surface area contributed by atoms with Crippen molar-refractivity contribution in [1.82, 2.24) is 41.5 Å². The summed E-state index contributed by atoms with van der Waals surface area (Å²) in [5.74, 6) is -2.62. The number of nitrogens with zero attached hydrogens (tertiary/aromatic N) is 4. The number of phenolic OH excluding ortho intramolecular Hbond substituents is 1. The Morgan fingerprint density at radius 3 is 2.29 bits per heavy atom. The number of amides is 5. The molecule has 66 heavy (non-hydrogen) atoms. The minimum Gasteiger partial charge on any atom is -0.507 e. The summed E-state index contributed by atoms with van der Waals surface area (Å²) in [6.07, 6.45) is 1.33. The zero-order valence-corrected chi connectivity index (χ0v) is 38.6. The van der Waals surface area contributed by atoms with Gasteiger partial charge in [-0.1, -0.05) is 57.2 Å². The molecule has 17 heteroatoms. The van der Waals surface area contributed by atoms with Gasteiger partial charge in [0.1, 0.15) is 48.3 Å². The van der Waals surface area contributed by atoms with E-state index in [2.05, 4.69) is 57.3 Å². The molecule has 1 fully saturated rings. The molecule has 6 rings (SSSR count). The number of benzene rings is 3. The van der Waals surface area contributed by atoms with Crippen molar-refractivity contribution in [2.45, 2.75) is 103 Å². The lowest BCUT2D eigenvalue weighted by atomic mass is 9.86. The van der Waals surface area contributed by atoms with Crippen molar-refractivity contribution in [3.8, 4) is 40.1 Å². The van der Waals surface area contributed by atoms with Gasteiger partial charge in [-0.2, -0.15) is 5.26 Å². The number of rotatable bonds is 11. The molecule has 5 amide bonds. The van der Waals surface area contributed by atoms with Gasteiger partial charge in [0.2, 0.25) is 23.6 Å². The van der Waals surface area contributed by atoms with E-state index in [4.69, 9.17) is 10.5 Å². The third kappa shape index (κ3) is 11.3. The quantitative estimate of drug-likeness (QED) is 0.107. The number of aryl methyl sites for hydroxylation is 2. The Bertz CT molecular complexity index is 2490. The van der Waals surface area contributed by atoms with Gasteiger partial charge in [-0.15, -0.1) is 0 Å². The summed E-state index contributed by atoms with van der Waals surface area (Å²) in [6, 6.07) is 14.6. The van der Waals surface area contributed by atoms with Gasteiger partial charge in [0, 0.05) is 30.2 Å². The van der Waals surface area contributed by atoms with Gasteiger partial charge in [0.15, 0.2) is 5.82 Å². The van der Waals surface area contributed by atoms with Gasteiger partial charge in [0.05, 0.1) is 23.0 Å². The number of likely N-dealkylation sites (N-methyl/N-ethyl adjacent to an activating group) is 1. The van der Waals surface area contributed by atoms with Crippen molar-refractivity contribution >= 4 is 29.5 Å². The van der Waals surface area contributed by atoms with Crippen LogP contribution in [-0.2, 0) is 31.0 Å². The Balaban J connectivity index is 1.36. The highest BCUT2D eigenvalue weighted by Crippen LogP contribution is 2.40. The second-order valence-corrected chi connectivity index (χ2v) is 17.9. The van der Waals surface area contributed by atoms with Gasteiger partial charge < -0.3 is 47.1 Å². The van der Waals surface area contributed by atoms with E-state index in [-0.39, 0.29) is 59.9 Å². The molecule has 4 bridgehead atoms. The first-order valence-electron chi connectivity index (χ1n) is 22.2. The van der Waals surface area contributed by atoms with Crippen molar-refractivity contribution in [1.29, 1.82) is 5.26 Å². The lowest BCUT2D eigenvalue weighted by Crippen LogP contribution is -2.56. The fourth-order valence-electron chi connectivity index (χ4n) is 8.27. The van der Waals surface area contributed by atoms with Crippen molar-refractivity contribution in [2.24, 2.45) is 5.73 Å². The number of piperidine rings is 1. The first kappa shape index (κ1) is 48.6. The first-order chi connectivity index (χ1) is 31.4. The van der Waals surface area contributed by atoms with Crippen molar-refractivity contribution in [3.05, 3.63) is 94.3 Å². The number of hydrogen-bond acceptors (Lipinski definition) is 12. The van der Waals surface area contributed by atoms with Crippen LogP contribution >= 0.6 is 0 Å². The molecule has 1 saturated heterocycles. The number of nitrogens with one attached hydrogen (secondary N) is 5. The summed E-state index contributed by atoms with van der Waals surface area (Å²) < 4.78 is 6.53. The number of phenols is 1. The van der Waals surface area contributed by atoms with Crippen molar-refractivity contribution < 1.29 is 33.8 Å². The highest BCUT2D eigenvalue weighted by atomic mass is 16.5. The van der Waals surface area contributed by atoms with E-state index in [0.29, 0.717) is 34.1 Å². The number of fused-ring (bicyclic) bond motifs is 5. The number of carbonyl (C=O) groups excluding carboxylic acids is 5.